The minimum absolute atomic E-state index is 0.0866. The first kappa shape index (κ1) is 26.9. The molecule has 1 aliphatic heterocycles. The summed E-state index contributed by atoms with van der Waals surface area (Å²) < 4.78 is 7.57. The molecule has 8 nitrogen and oxygen atoms in total. The summed E-state index contributed by atoms with van der Waals surface area (Å²) in [6.45, 7) is 5.58. The summed E-state index contributed by atoms with van der Waals surface area (Å²) in [4.78, 5) is 4.51. The van der Waals surface area contributed by atoms with Crippen LogP contribution in [0.5, 0.6) is 0 Å². The minimum Gasteiger partial charge on any atom is -0.381 e. The van der Waals surface area contributed by atoms with Crippen LogP contribution in [0.15, 0.2) is 48.8 Å². The van der Waals surface area contributed by atoms with Gasteiger partial charge in [-0.05, 0) is 43.0 Å². The molecular formula is C29H28BCl2N7O. The molecule has 6 rings (SSSR count). The van der Waals surface area contributed by atoms with Gasteiger partial charge in [0.2, 0.25) is 0 Å². The Morgan fingerprint density at radius 1 is 1.18 bits per heavy atom. The summed E-state index contributed by atoms with van der Waals surface area (Å²) in [7, 11) is 7.13. The van der Waals surface area contributed by atoms with Crippen LogP contribution in [0, 0.1) is 16.7 Å². The highest BCUT2D eigenvalue weighted by atomic mass is 35.5. The fourth-order valence-electron chi connectivity index (χ4n) is 5.29. The normalized spacial score (nSPS) is 20.0. The maximum atomic E-state index is 9.99. The fraction of sp³-hybridized carbons (Fsp3) is 0.379. The number of ether oxygens (including phenoxy) is 1. The van der Waals surface area contributed by atoms with Crippen molar-refractivity contribution in [1.82, 2.24) is 20.0 Å². The molecule has 2 aromatic carbocycles. The van der Waals surface area contributed by atoms with Gasteiger partial charge in [0, 0.05) is 40.4 Å². The first-order valence-corrected chi connectivity index (χ1v) is 14.1. The van der Waals surface area contributed by atoms with Gasteiger partial charge in [0.25, 0.3) is 0 Å². The molecule has 1 saturated carbocycles. The molecule has 0 amide bonds. The Hall–Kier alpha value is -3.32. The maximum absolute atomic E-state index is 9.99. The number of fused-ring (bicyclic) bond motifs is 1. The quantitative estimate of drug-likeness (QED) is 0.260. The number of nitrogens with one attached hydrogen (secondary N) is 2. The smallest absolute Gasteiger partial charge is 0.119 e. The molecular weight excluding hydrogens is 544 g/mol. The second kappa shape index (κ2) is 10.3. The van der Waals surface area contributed by atoms with Gasteiger partial charge >= 0.3 is 0 Å². The summed E-state index contributed by atoms with van der Waals surface area (Å²) in [6, 6.07) is 13.8. The third kappa shape index (κ3) is 4.89. The van der Waals surface area contributed by atoms with E-state index in [1.54, 1.807) is 18.3 Å². The van der Waals surface area contributed by atoms with Crippen LogP contribution in [0.1, 0.15) is 56.0 Å². The van der Waals surface area contributed by atoms with Crippen molar-refractivity contribution in [2.45, 2.75) is 50.6 Å². The van der Waals surface area contributed by atoms with Gasteiger partial charge in [0.05, 0.1) is 46.1 Å². The van der Waals surface area contributed by atoms with E-state index in [1.807, 2.05) is 35.1 Å². The minimum atomic E-state index is -1.32. The number of nitriles is 1. The van der Waals surface area contributed by atoms with E-state index in [4.69, 9.17) is 35.8 Å². The van der Waals surface area contributed by atoms with Crippen LogP contribution >= 0.6 is 23.2 Å². The fourth-order valence-corrected chi connectivity index (χ4v) is 5.85. The Kier molecular flexibility index (Phi) is 6.90. The van der Waals surface area contributed by atoms with Crippen molar-refractivity contribution in [2.24, 2.45) is 5.41 Å². The second-order valence-electron chi connectivity index (χ2n) is 11.3. The van der Waals surface area contributed by atoms with E-state index in [0.717, 1.165) is 19.3 Å². The van der Waals surface area contributed by atoms with E-state index in [0.29, 0.717) is 68.4 Å². The molecule has 4 aromatic rings. The van der Waals surface area contributed by atoms with Crippen LogP contribution < -0.4 is 10.6 Å². The van der Waals surface area contributed by atoms with Crippen molar-refractivity contribution in [1.29, 1.82) is 5.26 Å². The molecule has 1 aliphatic carbocycles. The summed E-state index contributed by atoms with van der Waals surface area (Å²) in [5.41, 5.74) is 2.02. The lowest BCUT2D eigenvalue weighted by Gasteiger charge is -2.39. The Labute approximate surface area is 244 Å². The van der Waals surface area contributed by atoms with E-state index in [1.165, 1.54) is 0 Å². The standard InChI is InChI=1S/C29H28BCl2N7O/c1-28(2)16-40-10-9-24(28)35-26-17(13-33)14-34-27-20(26)11-18(12-23(27)32)36-29(30,21-5-3-4-6-22(21)31)25-15-39(38-37-25)19-7-8-19/h3-6,11-12,14-15,19,24,36H,7-10,16H2,1-2H3,(H,34,35). The predicted octanol–water partition coefficient (Wildman–Crippen LogP) is 6.05. The average Bonchev–Trinajstić information content (AvgIpc) is 3.65. The van der Waals surface area contributed by atoms with Gasteiger partial charge < -0.3 is 15.4 Å². The molecule has 0 bridgehead atoms. The maximum Gasteiger partial charge on any atom is 0.119 e. The molecule has 2 radical (unpaired) electrons. The van der Waals surface area contributed by atoms with Crippen molar-refractivity contribution < 1.29 is 4.74 Å². The highest BCUT2D eigenvalue weighted by Crippen LogP contribution is 2.41. The largest absolute Gasteiger partial charge is 0.381 e. The molecule has 2 atom stereocenters. The molecule has 11 heteroatoms. The number of hydrogen-bond acceptors (Lipinski definition) is 7. The van der Waals surface area contributed by atoms with Crippen LogP contribution in [0.2, 0.25) is 10.0 Å². The summed E-state index contributed by atoms with van der Waals surface area (Å²) in [5.74, 6) is 0. The van der Waals surface area contributed by atoms with Gasteiger partial charge in [-0.2, -0.15) is 5.26 Å². The Bertz CT molecular complexity index is 1630. The summed E-state index contributed by atoms with van der Waals surface area (Å²) in [6.07, 6.45) is 6.36. The van der Waals surface area contributed by atoms with Gasteiger partial charge in [-0.25, -0.2) is 4.68 Å². The molecule has 2 aliphatic rings. The number of halogens is 2. The van der Waals surface area contributed by atoms with Crippen molar-refractivity contribution >= 4 is 53.3 Å². The monoisotopic (exact) mass is 571 g/mol. The number of nitrogens with zero attached hydrogens (tertiary/aromatic N) is 5. The van der Waals surface area contributed by atoms with Gasteiger partial charge in [-0.3, -0.25) is 4.98 Å². The van der Waals surface area contributed by atoms with Crippen LogP contribution in [-0.2, 0) is 10.2 Å². The highest BCUT2D eigenvalue weighted by Gasteiger charge is 2.36. The molecule has 2 N–H and O–H groups in total. The Balaban J connectivity index is 1.47. The van der Waals surface area contributed by atoms with E-state index < -0.39 is 5.44 Å². The van der Waals surface area contributed by atoms with Crippen LogP contribution in [0.4, 0.5) is 11.4 Å². The Morgan fingerprint density at radius 3 is 2.70 bits per heavy atom. The van der Waals surface area contributed by atoms with Crippen molar-refractivity contribution in [2.75, 3.05) is 23.8 Å². The van der Waals surface area contributed by atoms with Crippen molar-refractivity contribution in [3.8, 4) is 6.07 Å². The third-order valence-electron chi connectivity index (χ3n) is 7.81. The molecule has 1 saturated heterocycles. The van der Waals surface area contributed by atoms with Gasteiger partial charge in [-0.15, -0.1) is 5.10 Å². The molecule has 3 heterocycles. The topological polar surface area (TPSA) is 101 Å². The summed E-state index contributed by atoms with van der Waals surface area (Å²) >= 11 is 13.5. The van der Waals surface area contributed by atoms with Crippen molar-refractivity contribution in [3.63, 3.8) is 0 Å². The van der Waals surface area contributed by atoms with E-state index >= 15 is 0 Å². The summed E-state index contributed by atoms with van der Waals surface area (Å²) in [5, 5.41) is 27.5. The highest BCUT2D eigenvalue weighted by molar-refractivity contribution is 6.36. The number of anilines is 2. The van der Waals surface area contributed by atoms with Crippen LogP contribution in [0.25, 0.3) is 10.9 Å². The second-order valence-corrected chi connectivity index (χ2v) is 12.1. The van der Waals surface area contributed by atoms with Gasteiger partial charge in [0.15, 0.2) is 0 Å². The zero-order valence-corrected chi connectivity index (χ0v) is 23.8. The lowest BCUT2D eigenvalue weighted by molar-refractivity contribution is 0.00350. The van der Waals surface area contributed by atoms with Crippen LogP contribution in [-0.4, -0.2) is 47.1 Å². The number of hydrogen-bond donors (Lipinski definition) is 2. The van der Waals surface area contributed by atoms with E-state index in [-0.39, 0.29) is 11.5 Å². The van der Waals surface area contributed by atoms with E-state index in [2.05, 4.69) is 45.8 Å². The molecule has 2 unspecified atom stereocenters. The van der Waals surface area contributed by atoms with Gasteiger partial charge in [-0.1, -0.05) is 60.5 Å². The molecule has 202 valence electrons. The number of benzene rings is 2. The first-order valence-electron chi connectivity index (χ1n) is 13.3. The Morgan fingerprint density at radius 2 is 1.98 bits per heavy atom. The first-order chi connectivity index (χ1) is 19.2. The van der Waals surface area contributed by atoms with Gasteiger partial charge in [0.1, 0.15) is 19.6 Å². The van der Waals surface area contributed by atoms with Crippen molar-refractivity contribution in [3.05, 3.63) is 75.7 Å². The van der Waals surface area contributed by atoms with Crippen LogP contribution in [0.3, 0.4) is 0 Å². The zero-order chi connectivity index (χ0) is 28.1. The molecule has 2 aromatic heterocycles. The third-order valence-corrected chi connectivity index (χ3v) is 8.43. The molecule has 40 heavy (non-hydrogen) atoms. The number of pyridine rings is 1. The molecule has 2 fully saturated rings. The number of rotatable bonds is 7. The zero-order valence-electron chi connectivity index (χ0n) is 22.3. The predicted molar refractivity (Wildman–Crippen MR) is 158 cm³/mol. The SMILES string of the molecule is [B]C(Nc1cc(Cl)c2ncc(C#N)c(NC3CCOCC3(C)C)c2c1)(c1cn(C2CC2)nn1)c1ccccc1Cl. The molecule has 0 spiro atoms. The lowest BCUT2D eigenvalue weighted by atomic mass is 9.69. The van der Waals surface area contributed by atoms with E-state index in [9.17, 15) is 5.26 Å². The average molecular weight is 572 g/mol. The number of aromatic nitrogens is 4. The lowest BCUT2D eigenvalue weighted by Crippen LogP contribution is -2.44.